The minimum absolute atomic E-state index is 0.132. The van der Waals surface area contributed by atoms with Crippen LogP contribution in [0.3, 0.4) is 0 Å². The molecule has 1 amide bonds. The molecule has 2 N–H and O–H groups in total. The van der Waals surface area contributed by atoms with Gasteiger partial charge in [-0.25, -0.2) is 4.98 Å². The Bertz CT molecular complexity index is 1570. The van der Waals surface area contributed by atoms with Crippen LogP contribution >= 0.6 is 22.9 Å². The molecule has 1 aromatic carbocycles. The zero-order valence-electron chi connectivity index (χ0n) is 24.5. The Morgan fingerprint density at radius 3 is 2.61 bits per heavy atom. The highest BCUT2D eigenvalue weighted by molar-refractivity contribution is 7.11. The number of hydrogen-bond donors (Lipinski definition) is 2. The maximum atomic E-state index is 14.1. The Morgan fingerprint density at radius 1 is 1.23 bits per heavy atom. The molecule has 3 aromatic rings. The first-order valence-corrected chi connectivity index (χ1v) is 15.6. The molecule has 8 nitrogen and oxygen atoms in total. The number of anilines is 1. The maximum absolute atomic E-state index is 14.1. The number of nitrogens with one attached hydrogen (secondary N) is 1. The maximum Gasteiger partial charge on any atom is 0.433 e. The quantitative estimate of drug-likeness (QED) is 0.300. The van der Waals surface area contributed by atoms with E-state index < -0.39 is 18.1 Å². The van der Waals surface area contributed by atoms with Gasteiger partial charge in [-0.1, -0.05) is 25.4 Å². The number of aromatic nitrogens is 2. The molecular weight excluding hydrogens is 615 g/mol. The monoisotopic (exact) mass is 647 g/mol. The molecule has 0 aliphatic carbocycles. The number of piperazine rings is 1. The van der Waals surface area contributed by atoms with E-state index in [1.807, 2.05) is 20.8 Å². The number of hydrogen-bond acceptors (Lipinski definition) is 8. The first kappa shape index (κ1) is 32.0. The fraction of sp³-hybridized carbons (Fsp3) is 0.387. The lowest BCUT2D eigenvalue weighted by Gasteiger charge is -2.39. The van der Waals surface area contributed by atoms with Crippen molar-refractivity contribution in [2.24, 2.45) is 5.92 Å². The van der Waals surface area contributed by atoms with Crippen molar-refractivity contribution in [1.82, 2.24) is 20.2 Å². The lowest BCUT2D eigenvalue weighted by atomic mass is 9.94. The van der Waals surface area contributed by atoms with E-state index in [-0.39, 0.29) is 11.8 Å². The minimum Gasteiger partial charge on any atom is -0.494 e. The van der Waals surface area contributed by atoms with Crippen molar-refractivity contribution in [2.45, 2.75) is 39.6 Å². The van der Waals surface area contributed by atoms with Crippen LogP contribution in [0.2, 0.25) is 5.02 Å². The fourth-order valence-corrected chi connectivity index (χ4v) is 6.26. The van der Waals surface area contributed by atoms with Crippen LogP contribution in [0.25, 0.3) is 16.8 Å². The second-order valence-corrected chi connectivity index (χ2v) is 12.1. The number of amides is 1. The number of allylic oxidation sites excluding steroid dienone is 1. The Balaban J connectivity index is 1.64. The van der Waals surface area contributed by atoms with Crippen molar-refractivity contribution in [3.05, 3.63) is 75.0 Å². The summed E-state index contributed by atoms with van der Waals surface area (Å²) in [6.07, 6.45) is -2.54. The molecule has 44 heavy (non-hydrogen) atoms. The molecule has 1 unspecified atom stereocenters. The average Bonchev–Trinajstić information content (AvgIpc) is 3.48. The number of aliphatic hydroxyl groups is 1. The van der Waals surface area contributed by atoms with E-state index in [9.17, 15) is 23.1 Å². The van der Waals surface area contributed by atoms with Crippen molar-refractivity contribution in [3.8, 4) is 17.0 Å². The van der Waals surface area contributed by atoms with Gasteiger partial charge >= 0.3 is 6.18 Å². The van der Waals surface area contributed by atoms with Gasteiger partial charge in [0.05, 0.1) is 28.6 Å². The third kappa shape index (κ3) is 6.78. The van der Waals surface area contributed by atoms with Crippen LogP contribution < -0.4 is 15.0 Å². The molecule has 1 saturated heterocycles. The SMILES string of the molecule is CCOc1ccc(Cl)c(N2C(CC(C)C)=C(C(=O)N3CCNCC3)C=C(c3nc(-c4ccc(C(F)(F)F)nc4)cs3)C2O)c1. The third-order valence-electron chi connectivity index (χ3n) is 7.25. The molecule has 2 aliphatic heterocycles. The molecule has 0 bridgehead atoms. The van der Waals surface area contributed by atoms with Gasteiger partial charge in [0.25, 0.3) is 5.91 Å². The highest BCUT2D eigenvalue weighted by Gasteiger charge is 2.37. The van der Waals surface area contributed by atoms with Gasteiger partial charge in [0.1, 0.15) is 16.5 Å². The topological polar surface area (TPSA) is 90.8 Å². The van der Waals surface area contributed by atoms with Crippen molar-refractivity contribution < 1.29 is 27.8 Å². The predicted octanol–water partition coefficient (Wildman–Crippen LogP) is 6.23. The summed E-state index contributed by atoms with van der Waals surface area (Å²) in [4.78, 5) is 25.8. The Kier molecular flexibility index (Phi) is 9.64. The summed E-state index contributed by atoms with van der Waals surface area (Å²) in [7, 11) is 0. The smallest absolute Gasteiger partial charge is 0.433 e. The van der Waals surface area contributed by atoms with E-state index in [0.717, 1.165) is 12.3 Å². The molecule has 4 heterocycles. The molecule has 0 spiro atoms. The van der Waals surface area contributed by atoms with Crippen LogP contribution in [0.1, 0.15) is 37.9 Å². The van der Waals surface area contributed by atoms with Gasteiger partial charge in [-0.2, -0.15) is 13.2 Å². The number of pyridine rings is 1. The second kappa shape index (κ2) is 13.3. The fourth-order valence-electron chi connectivity index (χ4n) is 5.18. The zero-order chi connectivity index (χ0) is 31.6. The summed E-state index contributed by atoms with van der Waals surface area (Å²) in [6.45, 7) is 8.77. The third-order valence-corrected chi connectivity index (χ3v) is 8.46. The molecule has 0 saturated carbocycles. The summed E-state index contributed by atoms with van der Waals surface area (Å²) >= 11 is 7.95. The normalized spacial score (nSPS) is 17.8. The molecule has 234 valence electrons. The number of aliphatic hydroxyl groups excluding tert-OH is 1. The van der Waals surface area contributed by atoms with Crippen LogP contribution in [-0.2, 0) is 11.0 Å². The number of ether oxygens (including phenoxy) is 1. The Hall–Kier alpha value is -3.45. The second-order valence-electron chi connectivity index (χ2n) is 10.9. The number of alkyl halides is 3. The molecule has 13 heteroatoms. The number of thiazole rings is 1. The summed E-state index contributed by atoms with van der Waals surface area (Å²) < 4.78 is 44.9. The molecule has 0 radical (unpaired) electrons. The van der Waals surface area contributed by atoms with Gasteiger partial charge < -0.3 is 25.0 Å². The van der Waals surface area contributed by atoms with E-state index in [2.05, 4.69) is 15.3 Å². The summed E-state index contributed by atoms with van der Waals surface area (Å²) in [5.74, 6) is 0.519. The number of carbonyl (C=O) groups is 1. The van der Waals surface area contributed by atoms with Gasteiger partial charge in [0.15, 0.2) is 6.23 Å². The molecule has 1 atom stereocenters. The van der Waals surface area contributed by atoms with Gasteiger partial charge in [0, 0.05) is 60.7 Å². The van der Waals surface area contributed by atoms with Crippen molar-refractivity contribution in [2.75, 3.05) is 37.7 Å². The highest BCUT2D eigenvalue weighted by atomic mass is 35.5. The van der Waals surface area contributed by atoms with E-state index >= 15 is 0 Å². The Morgan fingerprint density at radius 2 is 1.98 bits per heavy atom. The van der Waals surface area contributed by atoms with Crippen LogP contribution in [0.15, 0.2) is 59.3 Å². The van der Waals surface area contributed by atoms with Gasteiger partial charge in [0.2, 0.25) is 0 Å². The number of benzene rings is 1. The van der Waals surface area contributed by atoms with E-state index in [1.165, 1.54) is 17.4 Å². The van der Waals surface area contributed by atoms with Crippen LogP contribution in [0, 0.1) is 5.92 Å². The van der Waals surface area contributed by atoms with E-state index in [4.69, 9.17) is 16.3 Å². The molecule has 2 aliphatic rings. The predicted molar refractivity (Wildman–Crippen MR) is 165 cm³/mol. The Labute approximate surface area is 262 Å². The lowest BCUT2D eigenvalue weighted by molar-refractivity contribution is -0.141. The molecule has 1 fully saturated rings. The number of carbonyl (C=O) groups excluding carboxylic acids is 1. The minimum atomic E-state index is -4.56. The number of nitrogens with zero attached hydrogens (tertiary/aromatic N) is 4. The summed E-state index contributed by atoms with van der Waals surface area (Å²) in [5, 5.41) is 17.7. The lowest BCUT2D eigenvalue weighted by Crippen LogP contribution is -2.48. The van der Waals surface area contributed by atoms with Crippen molar-refractivity contribution >= 4 is 40.1 Å². The zero-order valence-corrected chi connectivity index (χ0v) is 26.1. The number of halogens is 4. The van der Waals surface area contributed by atoms with Gasteiger partial charge in [-0.3, -0.25) is 9.78 Å². The highest BCUT2D eigenvalue weighted by Crippen LogP contribution is 2.43. The van der Waals surface area contributed by atoms with Crippen LogP contribution in [0.5, 0.6) is 5.75 Å². The molecule has 2 aromatic heterocycles. The molecule has 5 rings (SSSR count). The van der Waals surface area contributed by atoms with Crippen molar-refractivity contribution in [1.29, 1.82) is 0 Å². The summed E-state index contributed by atoms with van der Waals surface area (Å²) in [5.41, 5.74) is 1.68. The van der Waals surface area contributed by atoms with Gasteiger partial charge in [-0.15, -0.1) is 11.3 Å². The standard InChI is InChI=1S/C31H33ClF3N5O3S/c1-4-43-20-6-7-23(32)26(14-20)40-25(13-18(2)3)21(29(41)39-11-9-36-10-12-39)15-22(30(40)42)28-38-24(17-44-28)19-5-8-27(37-16-19)31(33,34)35/h5-8,14-18,30,36,42H,4,9-13H2,1-3H3. The van der Waals surface area contributed by atoms with Gasteiger partial charge in [-0.05, 0) is 49.6 Å². The first-order chi connectivity index (χ1) is 21.0. The van der Waals surface area contributed by atoms with Crippen LogP contribution in [0.4, 0.5) is 18.9 Å². The van der Waals surface area contributed by atoms with Crippen molar-refractivity contribution in [3.63, 3.8) is 0 Å². The van der Waals surface area contributed by atoms with Crippen LogP contribution in [-0.4, -0.2) is 64.9 Å². The molecular formula is C31H33ClF3N5O3S. The van der Waals surface area contributed by atoms with E-state index in [0.29, 0.717) is 88.8 Å². The first-order valence-electron chi connectivity index (χ1n) is 14.3. The number of rotatable bonds is 8. The largest absolute Gasteiger partial charge is 0.494 e. The summed E-state index contributed by atoms with van der Waals surface area (Å²) in [6, 6.07) is 7.39. The van der Waals surface area contributed by atoms with E-state index in [1.54, 1.807) is 39.5 Å². The average molecular weight is 648 g/mol.